The van der Waals surface area contributed by atoms with E-state index >= 15 is 0 Å². The summed E-state index contributed by atoms with van der Waals surface area (Å²) in [7, 11) is 0. The Bertz CT molecular complexity index is 325. The second kappa shape index (κ2) is 3.04. The summed E-state index contributed by atoms with van der Waals surface area (Å²) in [5.74, 6) is -1.64. The Balaban J connectivity index is 3.14. The standard InChI is InChI=1S/C5H4F3N3O2/c6-2-5(7,8)11-3(4(12)13)1-9-10-11/h1H,2H2,(H,12,13). The fourth-order valence-electron chi connectivity index (χ4n) is 0.679. The summed E-state index contributed by atoms with van der Waals surface area (Å²) in [6.07, 6.45) is 0.617. The number of nitrogens with zero attached hydrogens (tertiary/aromatic N) is 3. The largest absolute Gasteiger partial charge is 0.476 e. The first-order chi connectivity index (χ1) is 5.99. The molecule has 0 radical (unpaired) electrons. The van der Waals surface area contributed by atoms with E-state index in [1.165, 1.54) is 0 Å². The maximum Gasteiger partial charge on any atom is 0.373 e. The van der Waals surface area contributed by atoms with Crippen LogP contribution in [0.4, 0.5) is 13.2 Å². The van der Waals surface area contributed by atoms with Gasteiger partial charge < -0.3 is 5.11 Å². The highest BCUT2D eigenvalue weighted by molar-refractivity contribution is 5.85. The van der Waals surface area contributed by atoms with E-state index in [1.54, 1.807) is 0 Å². The monoisotopic (exact) mass is 195 g/mol. The maximum atomic E-state index is 12.6. The minimum Gasteiger partial charge on any atom is -0.476 e. The van der Waals surface area contributed by atoms with Gasteiger partial charge in [-0.1, -0.05) is 5.21 Å². The number of alkyl halides is 3. The van der Waals surface area contributed by atoms with Gasteiger partial charge in [0, 0.05) is 0 Å². The van der Waals surface area contributed by atoms with E-state index < -0.39 is 24.4 Å². The minimum absolute atomic E-state index is 0.269. The Kier molecular flexibility index (Phi) is 2.22. The normalized spacial score (nSPS) is 11.6. The molecule has 0 saturated carbocycles. The highest BCUT2D eigenvalue weighted by atomic mass is 19.3. The Morgan fingerprint density at radius 3 is 2.77 bits per heavy atom. The molecule has 0 unspecified atom stereocenters. The number of rotatable bonds is 3. The van der Waals surface area contributed by atoms with Crippen LogP contribution in [0.2, 0.25) is 0 Å². The van der Waals surface area contributed by atoms with E-state index in [4.69, 9.17) is 5.11 Å². The van der Waals surface area contributed by atoms with Gasteiger partial charge in [0.1, 0.15) is 0 Å². The first-order valence-corrected chi connectivity index (χ1v) is 3.07. The quantitative estimate of drug-likeness (QED) is 0.762. The molecular formula is C5H4F3N3O2. The SMILES string of the molecule is O=C(O)c1cnnn1C(F)(F)CF. The lowest BCUT2D eigenvalue weighted by molar-refractivity contribution is -0.112. The van der Waals surface area contributed by atoms with Crippen LogP contribution in [0.3, 0.4) is 0 Å². The van der Waals surface area contributed by atoms with Crippen molar-refractivity contribution in [2.45, 2.75) is 6.05 Å². The van der Waals surface area contributed by atoms with Gasteiger partial charge in [0.05, 0.1) is 6.20 Å². The van der Waals surface area contributed by atoms with Crippen molar-refractivity contribution < 1.29 is 23.1 Å². The molecule has 0 aliphatic carbocycles. The molecule has 0 aliphatic heterocycles. The summed E-state index contributed by atoms with van der Waals surface area (Å²) < 4.78 is 36.6. The van der Waals surface area contributed by atoms with Crippen molar-refractivity contribution >= 4 is 5.97 Å². The van der Waals surface area contributed by atoms with Gasteiger partial charge in [-0.3, -0.25) is 0 Å². The third-order valence-corrected chi connectivity index (χ3v) is 1.24. The topological polar surface area (TPSA) is 68.0 Å². The predicted octanol–water partition coefficient (Wildman–Crippen LogP) is 0.495. The van der Waals surface area contributed by atoms with Crippen LogP contribution in [0.25, 0.3) is 0 Å². The van der Waals surface area contributed by atoms with Crippen LogP contribution in [0.5, 0.6) is 0 Å². The molecule has 0 saturated heterocycles. The Labute approximate surface area is 69.8 Å². The Morgan fingerprint density at radius 2 is 2.31 bits per heavy atom. The van der Waals surface area contributed by atoms with E-state index in [0.29, 0.717) is 6.20 Å². The zero-order chi connectivity index (χ0) is 10.1. The summed E-state index contributed by atoms with van der Waals surface area (Å²) in [5.41, 5.74) is -0.859. The summed E-state index contributed by atoms with van der Waals surface area (Å²) >= 11 is 0. The van der Waals surface area contributed by atoms with E-state index in [2.05, 4.69) is 10.3 Å². The van der Waals surface area contributed by atoms with Crippen LogP contribution in [0.1, 0.15) is 10.5 Å². The fraction of sp³-hybridized carbons (Fsp3) is 0.400. The molecule has 1 N–H and O–H groups in total. The average Bonchev–Trinajstić information content (AvgIpc) is 2.52. The smallest absolute Gasteiger partial charge is 0.373 e. The van der Waals surface area contributed by atoms with E-state index in [0.717, 1.165) is 0 Å². The summed E-state index contributed by atoms with van der Waals surface area (Å²) in [6.45, 7) is -2.03. The molecule has 13 heavy (non-hydrogen) atoms. The van der Waals surface area contributed by atoms with Gasteiger partial charge >= 0.3 is 12.0 Å². The van der Waals surface area contributed by atoms with Crippen LogP contribution >= 0.6 is 0 Å². The molecular weight excluding hydrogens is 191 g/mol. The Hall–Kier alpha value is -1.60. The molecule has 8 heteroatoms. The number of carboxylic acids is 1. The molecule has 1 aromatic heterocycles. The van der Waals surface area contributed by atoms with Crippen LogP contribution in [-0.4, -0.2) is 32.7 Å². The van der Waals surface area contributed by atoms with Gasteiger partial charge in [-0.15, -0.1) is 5.10 Å². The van der Waals surface area contributed by atoms with Crippen molar-refractivity contribution in [3.8, 4) is 0 Å². The first kappa shape index (κ1) is 9.49. The molecule has 0 spiro atoms. The molecule has 72 valence electrons. The number of hydrogen-bond acceptors (Lipinski definition) is 3. The second-order valence-electron chi connectivity index (χ2n) is 2.14. The number of hydrogen-bond donors (Lipinski definition) is 1. The molecule has 0 amide bonds. The number of halogens is 3. The Morgan fingerprint density at radius 1 is 1.69 bits per heavy atom. The van der Waals surface area contributed by atoms with Gasteiger partial charge in [-0.2, -0.15) is 13.5 Å². The third kappa shape index (κ3) is 1.60. The number of carboxylic acid groups (broad SMARTS) is 1. The van der Waals surface area contributed by atoms with Crippen LogP contribution in [-0.2, 0) is 6.05 Å². The molecule has 1 rings (SSSR count). The summed E-state index contributed by atoms with van der Waals surface area (Å²) in [6, 6.07) is -3.97. The molecule has 1 aromatic rings. The second-order valence-corrected chi connectivity index (χ2v) is 2.14. The molecule has 0 aliphatic rings. The minimum atomic E-state index is -3.97. The highest BCUT2D eigenvalue weighted by Gasteiger charge is 2.36. The summed E-state index contributed by atoms with van der Waals surface area (Å²) in [5, 5.41) is 14.1. The van der Waals surface area contributed by atoms with Crippen molar-refractivity contribution in [2.24, 2.45) is 0 Å². The van der Waals surface area contributed by atoms with E-state index in [9.17, 15) is 18.0 Å². The van der Waals surface area contributed by atoms with Crippen molar-refractivity contribution in [1.82, 2.24) is 15.0 Å². The van der Waals surface area contributed by atoms with Crippen LogP contribution in [0, 0.1) is 0 Å². The molecule has 0 bridgehead atoms. The van der Waals surface area contributed by atoms with Gasteiger partial charge in [-0.05, 0) is 0 Å². The lowest BCUT2D eigenvalue weighted by Crippen LogP contribution is -2.29. The van der Waals surface area contributed by atoms with Crippen LogP contribution in [0.15, 0.2) is 6.20 Å². The highest BCUT2D eigenvalue weighted by Crippen LogP contribution is 2.21. The fourth-order valence-corrected chi connectivity index (χ4v) is 0.679. The van der Waals surface area contributed by atoms with E-state index in [-0.39, 0.29) is 4.68 Å². The zero-order valence-electron chi connectivity index (χ0n) is 6.12. The average molecular weight is 195 g/mol. The van der Waals surface area contributed by atoms with Gasteiger partial charge in [0.2, 0.25) is 0 Å². The number of aromatic nitrogens is 3. The third-order valence-electron chi connectivity index (χ3n) is 1.24. The van der Waals surface area contributed by atoms with Crippen molar-refractivity contribution in [3.05, 3.63) is 11.9 Å². The molecule has 5 nitrogen and oxygen atoms in total. The number of carbonyl (C=O) groups is 1. The molecule has 0 atom stereocenters. The number of aromatic carboxylic acids is 1. The van der Waals surface area contributed by atoms with Gasteiger partial charge in [-0.25, -0.2) is 9.18 Å². The maximum absolute atomic E-state index is 12.6. The lowest BCUT2D eigenvalue weighted by Gasteiger charge is -2.12. The molecule has 1 heterocycles. The molecule has 0 aromatic carbocycles. The predicted molar refractivity (Wildman–Crippen MR) is 33.1 cm³/mol. The van der Waals surface area contributed by atoms with Crippen molar-refractivity contribution in [1.29, 1.82) is 0 Å². The van der Waals surface area contributed by atoms with Gasteiger partial charge in [0.15, 0.2) is 12.4 Å². The van der Waals surface area contributed by atoms with Gasteiger partial charge in [0.25, 0.3) is 0 Å². The zero-order valence-corrected chi connectivity index (χ0v) is 6.12. The lowest BCUT2D eigenvalue weighted by atomic mass is 10.4. The van der Waals surface area contributed by atoms with Crippen molar-refractivity contribution in [2.75, 3.05) is 6.67 Å². The van der Waals surface area contributed by atoms with Crippen LogP contribution < -0.4 is 0 Å². The molecule has 0 fully saturated rings. The first-order valence-electron chi connectivity index (χ1n) is 3.07. The van der Waals surface area contributed by atoms with Crippen molar-refractivity contribution in [3.63, 3.8) is 0 Å². The van der Waals surface area contributed by atoms with E-state index in [1.807, 2.05) is 0 Å². The summed E-state index contributed by atoms with van der Waals surface area (Å²) in [4.78, 5) is 10.3.